The number of nitrogens with zero attached hydrogens (tertiary/aromatic N) is 2. The van der Waals surface area contributed by atoms with Crippen molar-refractivity contribution in [1.82, 2.24) is 15.5 Å². The summed E-state index contributed by atoms with van der Waals surface area (Å²) in [6.45, 7) is 3.37. The number of allylic oxidation sites excluding steroid dienone is 2. The number of dihydropyridines is 1. The molecule has 11 rings (SSSR count). The number of fused-ring (bicyclic) bond motifs is 14. The predicted molar refractivity (Wildman–Crippen MR) is 294 cm³/mol. The van der Waals surface area contributed by atoms with Crippen LogP contribution in [0.15, 0.2) is 64.9 Å². The zero-order chi connectivity index (χ0) is 50.6. The number of phenols is 1. The number of phenolic OH excluding ortho intramolecular Hbond substituents is 1. The number of amides is 1. The number of aliphatic hydroxyl groups is 1. The zero-order valence-electron chi connectivity index (χ0n) is 43.6. The lowest BCUT2D eigenvalue weighted by Crippen LogP contribution is -2.55. The predicted octanol–water partition coefficient (Wildman–Crippen LogP) is 10.3. The standard InChI is InChI=1S/C59H84N6O6S2/c1-40(66)71-58-27-20-44(49(67)35-58)13-7-12-42(17-16-41-10-3-2-4-11-41)38-72-73-59(26-9-25-57(59)23-5-6-24-57)64-55(61)63-31-29-56(34-43-22-30-62-51(60)32-43)36-52(68)65(39-56)37-47-33-46(21-28-58)48-19-18-45-14-8-15-50(45)70-54(48)53(47)69/h2-4,10-11,22,32-33,42,44-45,49-50,62,67,69H,5-9,12-21,23-31,34-39,60H2,1H3,(H3,61,63,64)/t42-,44+,45+,49+,50+,56+,58+,59-/m0/s1. The summed E-state index contributed by atoms with van der Waals surface area (Å²) in [5, 5.41) is 31.5. The largest absolute Gasteiger partial charge is 0.504 e. The summed E-state index contributed by atoms with van der Waals surface area (Å²) in [6, 6.07) is 13.0. The SMILES string of the molecule is CC(=O)O[C@@]12CCc3cc(c(O)c4c3CC[C@H]3CCC[C@H]3O4)CN3C[C@@](CC4=CCNC(N)=C4)(CCN=C(N)N[C@@]4(CCCC45CCCC5)SSC[C@H](CCc4ccccc4)CCC[C@H](CC1)[C@H](O)C2)CC3=O. The fourth-order valence-electron chi connectivity index (χ4n) is 15.1. The summed E-state index contributed by atoms with van der Waals surface area (Å²) < 4.78 is 13.2. The van der Waals surface area contributed by atoms with Crippen LogP contribution in [0.2, 0.25) is 0 Å². The van der Waals surface area contributed by atoms with E-state index in [9.17, 15) is 19.8 Å². The van der Waals surface area contributed by atoms with Crippen molar-refractivity contribution in [1.29, 1.82) is 0 Å². The van der Waals surface area contributed by atoms with Gasteiger partial charge in [0.05, 0.1) is 11.9 Å². The summed E-state index contributed by atoms with van der Waals surface area (Å²) in [4.78, 5) is 34.3. The number of benzene rings is 2. The molecule has 12 nitrogen and oxygen atoms in total. The average molecular weight is 1040 g/mol. The highest BCUT2D eigenvalue weighted by atomic mass is 33.1. The van der Waals surface area contributed by atoms with Crippen molar-refractivity contribution >= 4 is 39.4 Å². The molecule has 5 fully saturated rings. The first kappa shape index (κ1) is 52.4. The van der Waals surface area contributed by atoms with Gasteiger partial charge in [-0.3, -0.25) is 14.6 Å². The maximum atomic E-state index is 14.5. The van der Waals surface area contributed by atoms with Crippen LogP contribution < -0.4 is 26.8 Å². The molecule has 8 N–H and O–H groups in total. The third kappa shape index (κ3) is 11.9. The van der Waals surface area contributed by atoms with E-state index in [0.29, 0.717) is 99.5 Å². The molecular weight excluding hydrogens is 953 g/mol. The molecule has 73 heavy (non-hydrogen) atoms. The summed E-state index contributed by atoms with van der Waals surface area (Å²) in [5.74, 6) is 3.69. The molecular formula is C59H84N6O6S2. The Morgan fingerprint density at radius 3 is 2.55 bits per heavy atom. The minimum absolute atomic E-state index is 0.0492. The number of esters is 1. The molecule has 0 aromatic heterocycles. The topological polar surface area (TPSA) is 185 Å². The first-order chi connectivity index (χ1) is 35.3. The molecule has 4 saturated carbocycles. The van der Waals surface area contributed by atoms with Gasteiger partial charge in [0.15, 0.2) is 17.5 Å². The fourth-order valence-corrected chi connectivity index (χ4v) is 19.1. The van der Waals surface area contributed by atoms with Gasteiger partial charge in [0.25, 0.3) is 0 Å². The van der Waals surface area contributed by atoms with Gasteiger partial charge in [-0.05, 0) is 175 Å². The Labute approximate surface area is 442 Å². The smallest absolute Gasteiger partial charge is 0.303 e. The van der Waals surface area contributed by atoms with Gasteiger partial charge in [-0.2, -0.15) is 0 Å². The van der Waals surface area contributed by atoms with E-state index < -0.39 is 17.1 Å². The van der Waals surface area contributed by atoms with Crippen molar-refractivity contribution in [2.24, 2.45) is 45.0 Å². The number of nitrogens with one attached hydrogen (secondary N) is 2. The zero-order valence-corrected chi connectivity index (χ0v) is 45.2. The summed E-state index contributed by atoms with van der Waals surface area (Å²) in [5.41, 5.74) is 17.6. The van der Waals surface area contributed by atoms with Crippen molar-refractivity contribution < 1.29 is 29.3 Å². The molecule has 6 bridgehead atoms. The molecule has 0 unspecified atom stereocenters. The van der Waals surface area contributed by atoms with Crippen molar-refractivity contribution in [3.05, 3.63) is 82.2 Å². The average Bonchev–Trinajstić information content (AvgIpc) is 4.14. The maximum absolute atomic E-state index is 14.5. The van der Waals surface area contributed by atoms with Crippen LogP contribution in [0.4, 0.5) is 0 Å². The molecule has 2 aromatic carbocycles. The third-order valence-corrected chi connectivity index (χ3v) is 22.4. The van der Waals surface area contributed by atoms with Crippen LogP contribution in [0.5, 0.6) is 11.5 Å². The number of ether oxygens (including phenoxy) is 2. The van der Waals surface area contributed by atoms with Crippen LogP contribution in [0.25, 0.3) is 0 Å². The monoisotopic (exact) mass is 1040 g/mol. The van der Waals surface area contributed by atoms with E-state index in [-0.39, 0.29) is 46.5 Å². The number of hydrogen-bond donors (Lipinski definition) is 6. The first-order valence-corrected chi connectivity index (χ1v) is 30.7. The molecule has 4 aliphatic carbocycles. The quantitative estimate of drug-likeness (QED) is 0.119. The van der Waals surface area contributed by atoms with Crippen molar-refractivity contribution in [2.75, 3.05) is 25.4 Å². The molecule has 1 amide bonds. The van der Waals surface area contributed by atoms with Gasteiger partial charge in [0.2, 0.25) is 5.91 Å². The van der Waals surface area contributed by atoms with E-state index >= 15 is 0 Å². The second kappa shape index (κ2) is 22.7. The van der Waals surface area contributed by atoms with Crippen LogP contribution in [0.3, 0.4) is 0 Å². The number of carbonyl (C=O) groups is 2. The van der Waals surface area contributed by atoms with Gasteiger partial charge in [0.1, 0.15) is 16.6 Å². The summed E-state index contributed by atoms with van der Waals surface area (Å²) in [6.07, 6.45) is 27.0. The van der Waals surface area contributed by atoms with Crippen LogP contribution >= 0.6 is 21.6 Å². The summed E-state index contributed by atoms with van der Waals surface area (Å²) >= 11 is 0. The lowest BCUT2D eigenvalue weighted by molar-refractivity contribution is -0.168. The Morgan fingerprint density at radius 1 is 0.932 bits per heavy atom. The van der Waals surface area contributed by atoms with Crippen molar-refractivity contribution in [2.45, 2.75) is 197 Å². The molecule has 5 heterocycles. The lowest BCUT2D eigenvalue weighted by atomic mass is 9.72. The Kier molecular flexibility index (Phi) is 16.3. The van der Waals surface area contributed by atoms with Gasteiger partial charge in [-0.25, -0.2) is 0 Å². The molecule has 398 valence electrons. The molecule has 5 aliphatic heterocycles. The highest BCUT2D eigenvalue weighted by Gasteiger charge is 2.57. The molecule has 14 heteroatoms. The Bertz CT molecular complexity index is 2390. The minimum Gasteiger partial charge on any atom is -0.504 e. The van der Waals surface area contributed by atoms with Gasteiger partial charge in [0, 0.05) is 73.7 Å². The van der Waals surface area contributed by atoms with Gasteiger partial charge in [-0.15, -0.1) is 0 Å². The van der Waals surface area contributed by atoms with Crippen LogP contribution in [0.1, 0.15) is 170 Å². The number of guanidine groups is 1. The second-order valence-electron chi connectivity index (χ2n) is 23.9. The van der Waals surface area contributed by atoms with E-state index in [1.807, 2.05) is 32.6 Å². The normalized spacial score (nSPS) is 33.1. The number of rotatable bonds is 6. The van der Waals surface area contributed by atoms with Crippen LogP contribution in [-0.2, 0) is 40.1 Å². The Hall–Kier alpha value is -4.01. The number of aliphatic hydroxyl groups excluding tert-OH is 1. The van der Waals surface area contributed by atoms with Crippen LogP contribution in [0, 0.1) is 28.6 Å². The molecule has 0 radical (unpaired) electrons. The van der Waals surface area contributed by atoms with Crippen LogP contribution in [-0.4, -0.2) is 81.0 Å². The number of carbonyl (C=O) groups excluding carboxylic acids is 2. The molecule has 1 saturated heterocycles. The van der Waals surface area contributed by atoms with E-state index in [2.05, 4.69) is 53.1 Å². The number of hydrogen-bond acceptors (Lipinski definition) is 13. The Morgan fingerprint density at radius 2 is 1.74 bits per heavy atom. The summed E-state index contributed by atoms with van der Waals surface area (Å²) in [7, 11) is 4.05. The molecule has 2 aromatic rings. The molecule has 8 atom stereocenters. The fraction of sp³-hybridized carbons (Fsp3) is 0.678. The maximum Gasteiger partial charge on any atom is 0.303 e. The van der Waals surface area contributed by atoms with E-state index in [1.54, 1.807) is 0 Å². The van der Waals surface area contributed by atoms with E-state index in [0.717, 1.165) is 99.5 Å². The number of aryl methyl sites for hydroxylation is 2. The highest BCUT2D eigenvalue weighted by Crippen LogP contribution is 2.63. The number of aliphatic imine (C=N–C) groups is 1. The number of nitrogens with two attached hydrogens (primary N) is 2. The molecule has 9 aliphatic rings. The minimum atomic E-state index is -0.801. The second-order valence-corrected chi connectivity index (χ2v) is 26.6. The third-order valence-electron chi connectivity index (χ3n) is 19.0. The Balaban J connectivity index is 0.982. The van der Waals surface area contributed by atoms with Gasteiger partial charge >= 0.3 is 5.97 Å². The first-order valence-electron chi connectivity index (χ1n) is 28.3. The van der Waals surface area contributed by atoms with Gasteiger partial charge in [-0.1, -0.05) is 77.3 Å². The van der Waals surface area contributed by atoms with Crippen molar-refractivity contribution in [3.63, 3.8) is 0 Å². The molecule has 2 spiro atoms. The lowest BCUT2D eigenvalue weighted by Gasteiger charge is -2.44. The van der Waals surface area contributed by atoms with Gasteiger partial charge < -0.3 is 46.7 Å². The number of aromatic hydroxyl groups is 1. The van der Waals surface area contributed by atoms with E-state index in [1.165, 1.54) is 51.0 Å². The van der Waals surface area contributed by atoms with Crippen molar-refractivity contribution in [3.8, 4) is 11.5 Å². The van der Waals surface area contributed by atoms with E-state index in [4.69, 9.17) is 25.9 Å². The highest BCUT2D eigenvalue weighted by molar-refractivity contribution is 8.77.